The van der Waals surface area contributed by atoms with Crippen molar-refractivity contribution < 1.29 is 19.2 Å². The number of benzene rings is 1. The molecule has 0 radical (unpaired) electrons. The molecule has 0 spiro atoms. The van der Waals surface area contributed by atoms with Crippen molar-refractivity contribution in [2.45, 2.75) is 6.42 Å². The Bertz CT molecular complexity index is 544. The van der Waals surface area contributed by atoms with Gasteiger partial charge in [-0.05, 0) is 6.07 Å². The minimum absolute atomic E-state index is 0.0696. The molecular weight excluding hydrogens is 281 g/mol. The van der Waals surface area contributed by atoms with Gasteiger partial charge in [0.15, 0.2) is 0 Å². The van der Waals surface area contributed by atoms with Gasteiger partial charge in [0.25, 0.3) is 5.69 Å². The first kappa shape index (κ1) is 15.2. The molecule has 1 saturated heterocycles. The van der Waals surface area contributed by atoms with E-state index in [9.17, 15) is 19.3 Å². The van der Waals surface area contributed by atoms with Crippen LogP contribution in [0.15, 0.2) is 18.2 Å². The summed E-state index contributed by atoms with van der Waals surface area (Å²) in [6, 6.07) is 3.41. The van der Waals surface area contributed by atoms with E-state index in [-0.39, 0.29) is 17.8 Å². The normalized spacial score (nSPS) is 16.0. The number of halogens is 1. The molecule has 1 N–H and O–H groups in total. The number of carboxylic acids is 1. The maximum absolute atomic E-state index is 13.3. The lowest BCUT2D eigenvalue weighted by molar-refractivity contribution is -0.384. The van der Waals surface area contributed by atoms with Crippen molar-refractivity contribution in [3.05, 3.63) is 34.1 Å². The Morgan fingerprint density at radius 2 is 2.00 bits per heavy atom. The highest BCUT2D eigenvalue weighted by atomic mass is 19.1. The first-order valence-electron chi connectivity index (χ1n) is 6.60. The molecule has 1 heterocycles. The van der Waals surface area contributed by atoms with E-state index < -0.39 is 16.7 Å². The number of aliphatic carboxylic acids is 1. The van der Waals surface area contributed by atoms with Gasteiger partial charge in [0.1, 0.15) is 11.5 Å². The molecule has 0 saturated carbocycles. The molecule has 7 nitrogen and oxygen atoms in total. The summed E-state index contributed by atoms with van der Waals surface area (Å²) in [5.41, 5.74) is 0.160. The summed E-state index contributed by atoms with van der Waals surface area (Å²) in [4.78, 5) is 24.8. The lowest BCUT2D eigenvalue weighted by atomic mass is 10.2. The maximum atomic E-state index is 13.3. The van der Waals surface area contributed by atoms with E-state index in [0.29, 0.717) is 32.7 Å². The Kier molecular flexibility index (Phi) is 4.69. The van der Waals surface area contributed by atoms with E-state index in [4.69, 9.17) is 5.11 Å². The smallest absolute Gasteiger partial charge is 0.304 e. The van der Waals surface area contributed by atoms with Gasteiger partial charge < -0.3 is 10.0 Å². The SMILES string of the molecule is O=C(O)CCN1CCN(c2cc(F)ccc2[N+](=O)[O-])CC1. The van der Waals surface area contributed by atoms with Gasteiger partial charge in [0.05, 0.1) is 11.3 Å². The maximum Gasteiger partial charge on any atom is 0.304 e. The number of rotatable bonds is 5. The van der Waals surface area contributed by atoms with Crippen LogP contribution >= 0.6 is 0 Å². The van der Waals surface area contributed by atoms with Gasteiger partial charge in [-0.1, -0.05) is 0 Å². The van der Waals surface area contributed by atoms with Gasteiger partial charge in [-0.3, -0.25) is 19.8 Å². The molecule has 0 amide bonds. The topological polar surface area (TPSA) is 86.9 Å². The van der Waals surface area contributed by atoms with Gasteiger partial charge in [-0.15, -0.1) is 0 Å². The third-order valence-electron chi connectivity index (χ3n) is 3.49. The number of nitrogens with zero attached hydrogens (tertiary/aromatic N) is 3. The summed E-state index contributed by atoms with van der Waals surface area (Å²) in [6.07, 6.45) is 0.0696. The molecule has 0 atom stereocenters. The fraction of sp³-hybridized carbons (Fsp3) is 0.462. The van der Waals surface area contributed by atoms with E-state index in [2.05, 4.69) is 0 Å². The zero-order valence-electron chi connectivity index (χ0n) is 11.4. The number of carboxylic acid groups (broad SMARTS) is 1. The van der Waals surface area contributed by atoms with Crippen LogP contribution in [0.25, 0.3) is 0 Å². The molecular formula is C13H16FN3O4. The molecule has 1 aromatic rings. The highest BCUT2D eigenvalue weighted by molar-refractivity contribution is 5.67. The summed E-state index contributed by atoms with van der Waals surface area (Å²) in [6.45, 7) is 2.66. The first-order valence-corrected chi connectivity index (χ1v) is 6.60. The van der Waals surface area contributed by atoms with E-state index in [1.54, 1.807) is 4.90 Å². The zero-order valence-corrected chi connectivity index (χ0v) is 11.4. The molecule has 21 heavy (non-hydrogen) atoms. The second-order valence-electron chi connectivity index (χ2n) is 4.86. The average molecular weight is 297 g/mol. The van der Waals surface area contributed by atoms with Crippen LogP contribution in [0.3, 0.4) is 0 Å². The fourth-order valence-corrected chi connectivity index (χ4v) is 2.37. The molecule has 1 aliphatic rings. The molecule has 0 bridgehead atoms. The molecule has 1 aliphatic heterocycles. The Labute approximate surface area is 120 Å². The first-order chi connectivity index (χ1) is 9.97. The summed E-state index contributed by atoms with van der Waals surface area (Å²) >= 11 is 0. The number of carbonyl (C=O) groups is 1. The van der Waals surface area contributed by atoms with Crippen LogP contribution in [0, 0.1) is 15.9 Å². The predicted molar refractivity (Wildman–Crippen MR) is 74.0 cm³/mol. The van der Waals surface area contributed by atoms with Crippen molar-refractivity contribution in [3.8, 4) is 0 Å². The fourth-order valence-electron chi connectivity index (χ4n) is 2.37. The third-order valence-corrected chi connectivity index (χ3v) is 3.49. The molecule has 0 unspecified atom stereocenters. The highest BCUT2D eigenvalue weighted by Crippen LogP contribution is 2.29. The van der Waals surface area contributed by atoms with Crippen LogP contribution in [-0.2, 0) is 4.79 Å². The summed E-state index contributed by atoms with van der Waals surface area (Å²) in [5, 5.41) is 19.6. The second kappa shape index (κ2) is 6.49. The number of nitro benzene ring substituents is 1. The molecule has 2 rings (SSSR count). The molecule has 1 fully saturated rings. The van der Waals surface area contributed by atoms with Crippen LogP contribution in [0.4, 0.5) is 15.8 Å². The monoisotopic (exact) mass is 297 g/mol. The number of hydrogen-bond donors (Lipinski definition) is 1. The minimum atomic E-state index is -0.849. The number of anilines is 1. The second-order valence-corrected chi connectivity index (χ2v) is 4.86. The van der Waals surface area contributed by atoms with Gasteiger partial charge in [0, 0.05) is 44.9 Å². The molecule has 0 aromatic heterocycles. The van der Waals surface area contributed by atoms with Crippen LogP contribution in [0.1, 0.15) is 6.42 Å². The molecule has 114 valence electrons. The van der Waals surface area contributed by atoms with Gasteiger partial charge in [0.2, 0.25) is 0 Å². The number of nitro groups is 1. The third kappa shape index (κ3) is 3.88. The number of piperazine rings is 1. The lowest BCUT2D eigenvalue weighted by Crippen LogP contribution is -2.47. The predicted octanol–water partition coefficient (Wildman–Crippen LogP) is 1.33. The quantitative estimate of drug-likeness (QED) is 0.651. The molecule has 8 heteroatoms. The van der Waals surface area contributed by atoms with Crippen LogP contribution < -0.4 is 4.90 Å². The lowest BCUT2D eigenvalue weighted by Gasteiger charge is -2.35. The Balaban J connectivity index is 2.03. The van der Waals surface area contributed by atoms with Gasteiger partial charge >= 0.3 is 5.97 Å². The van der Waals surface area contributed by atoms with E-state index >= 15 is 0 Å². The highest BCUT2D eigenvalue weighted by Gasteiger charge is 2.24. The Hall–Kier alpha value is -2.22. The van der Waals surface area contributed by atoms with Gasteiger partial charge in [-0.2, -0.15) is 0 Å². The summed E-state index contributed by atoms with van der Waals surface area (Å²) in [7, 11) is 0. The van der Waals surface area contributed by atoms with Crippen molar-refractivity contribution in [1.29, 1.82) is 0 Å². The van der Waals surface area contributed by atoms with Crippen molar-refractivity contribution in [1.82, 2.24) is 4.90 Å². The number of hydrogen-bond acceptors (Lipinski definition) is 5. The van der Waals surface area contributed by atoms with E-state index in [1.165, 1.54) is 12.1 Å². The Morgan fingerprint density at radius 3 is 2.57 bits per heavy atom. The van der Waals surface area contributed by atoms with Crippen LogP contribution in [-0.4, -0.2) is 53.6 Å². The van der Waals surface area contributed by atoms with Crippen LogP contribution in [0.2, 0.25) is 0 Å². The largest absolute Gasteiger partial charge is 0.481 e. The van der Waals surface area contributed by atoms with Gasteiger partial charge in [-0.25, -0.2) is 4.39 Å². The van der Waals surface area contributed by atoms with Crippen LogP contribution in [0.5, 0.6) is 0 Å². The summed E-state index contributed by atoms with van der Waals surface area (Å²) in [5.74, 6) is -1.36. The van der Waals surface area contributed by atoms with E-state index in [1.807, 2.05) is 4.90 Å². The zero-order chi connectivity index (χ0) is 15.4. The molecule has 0 aliphatic carbocycles. The van der Waals surface area contributed by atoms with Crippen molar-refractivity contribution in [2.24, 2.45) is 0 Å². The van der Waals surface area contributed by atoms with E-state index in [0.717, 1.165) is 6.07 Å². The van der Waals surface area contributed by atoms with Crippen molar-refractivity contribution in [3.63, 3.8) is 0 Å². The van der Waals surface area contributed by atoms with Crippen molar-refractivity contribution >= 4 is 17.3 Å². The van der Waals surface area contributed by atoms with Crippen molar-refractivity contribution in [2.75, 3.05) is 37.6 Å². The minimum Gasteiger partial charge on any atom is -0.481 e. The standard InChI is InChI=1S/C13H16FN3O4/c14-10-1-2-11(17(20)21)12(9-10)16-7-5-15(6-8-16)4-3-13(18)19/h1-2,9H,3-8H2,(H,18,19). The average Bonchev–Trinajstić information content (AvgIpc) is 2.45. The Morgan fingerprint density at radius 1 is 1.33 bits per heavy atom. The molecule has 1 aromatic carbocycles. The summed E-state index contributed by atoms with van der Waals surface area (Å²) < 4.78 is 13.3.